The molecule has 1 aromatic carbocycles. The van der Waals surface area contributed by atoms with E-state index in [9.17, 15) is 14.7 Å². The van der Waals surface area contributed by atoms with E-state index in [4.69, 9.17) is 5.11 Å². The van der Waals surface area contributed by atoms with E-state index in [1.165, 1.54) is 0 Å². The van der Waals surface area contributed by atoms with Gasteiger partial charge in [-0.3, -0.25) is 9.59 Å². The summed E-state index contributed by atoms with van der Waals surface area (Å²) < 4.78 is 0. The van der Waals surface area contributed by atoms with Crippen LogP contribution in [0, 0.1) is 0 Å². The number of hydrogen-bond acceptors (Lipinski definition) is 3. The van der Waals surface area contributed by atoms with Crippen LogP contribution in [0.3, 0.4) is 0 Å². The van der Waals surface area contributed by atoms with Crippen LogP contribution in [-0.4, -0.2) is 41.1 Å². The van der Waals surface area contributed by atoms with E-state index in [0.29, 0.717) is 5.56 Å². The van der Waals surface area contributed by atoms with Crippen molar-refractivity contribution in [2.45, 2.75) is 31.2 Å². The third-order valence-corrected chi connectivity index (χ3v) is 3.95. The van der Waals surface area contributed by atoms with Crippen LogP contribution < -0.4 is 0 Å². The third-order valence-electron chi connectivity index (χ3n) is 3.95. The molecule has 1 aliphatic rings. The molecule has 0 spiro atoms. The summed E-state index contributed by atoms with van der Waals surface area (Å²) in [4.78, 5) is 24.4. The topological polar surface area (TPSA) is 77.8 Å². The van der Waals surface area contributed by atoms with Crippen molar-refractivity contribution in [1.29, 1.82) is 0 Å². The van der Waals surface area contributed by atoms with Gasteiger partial charge in [0.1, 0.15) is 0 Å². The first-order chi connectivity index (χ1) is 9.41. The van der Waals surface area contributed by atoms with Crippen molar-refractivity contribution in [2.24, 2.45) is 0 Å². The van der Waals surface area contributed by atoms with Crippen LogP contribution in [0.4, 0.5) is 0 Å². The van der Waals surface area contributed by atoms with Gasteiger partial charge in [-0.05, 0) is 43.6 Å². The van der Waals surface area contributed by atoms with Crippen LogP contribution in [0.15, 0.2) is 18.2 Å². The number of carboxylic acids is 2. The minimum atomic E-state index is -1.09. The summed E-state index contributed by atoms with van der Waals surface area (Å²) in [6.45, 7) is 0. The molecule has 108 valence electrons. The van der Waals surface area contributed by atoms with Crippen molar-refractivity contribution in [3.63, 3.8) is 0 Å². The summed E-state index contributed by atoms with van der Waals surface area (Å²) in [5, 5.41) is 18.2. The first kappa shape index (κ1) is 14.5. The Morgan fingerprint density at radius 3 is 2.60 bits per heavy atom. The first-order valence-corrected chi connectivity index (χ1v) is 6.64. The summed E-state index contributed by atoms with van der Waals surface area (Å²) in [6, 6.07) is 5.87. The number of rotatable bonds is 5. The van der Waals surface area contributed by atoms with Crippen LogP contribution in [0.2, 0.25) is 0 Å². The Labute approximate surface area is 117 Å². The van der Waals surface area contributed by atoms with Crippen molar-refractivity contribution >= 4 is 11.9 Å². The maximum atomic E-state index is 11.4. The largest absolute Gasteiger partial charge is 0.481 e. The van der Waals surface area contributed by atoms with E-state index in [2.05, 4.69) is 4.90 Å². The van der Waals surface area contributed by atoms with Crippen molar-refractivity contribution in [2.75, 3.05) is 14.1 Å². The molecule has 2 unspecified atom stereocenters. The summed E-state index contributed by atoms with van der Waals surface area (Å²) in [7, 11) is 4.00. The Hall–Kier alpha value is -1.88. The second kappa shape index (κ2) is 5.63. The monoisotopic (exact) mass is 277 g/mol. The van der Waals surface area contributed by atoms with Gasteiger partial charge in [0.2, 0.25) is 0 Å². The molecule has 0 saturated heterocycles. The number of carboxylic acid groups (broad SMARTS) is 2. The smallest absolute Gasteiger partial charge is 0.311 e. The third kappa shape index (κ3) is 2.67. The molecule has 2 atom stereocenters. The van der Waals surface area contributed by atoms with E-state index < -0.39 is 17.9 Å². The predicted molar refractivity (Wildman–Crippen MR) is 73.8 cm³/mol. The molecule has 1 aliphatic carbocycles. The average Bonchev–Trinajstić information content (AvgIpc) is 2.79. The van der Waals surface area contributed by atoms with Crippen LogP contribution in [-0.2, 0) is 16.0 Å². The molecule has 2 rings (SSSR count). The quantitative estimate of drug-likeness (QED) is 0.859. The molecule has 0 heterocycles. The molecule has 5 nitrogen and oxygen atoms in total. The fourth-order valence-corrected chi connectivity index (χ4v) is 3.03. The minimum Gasteiger partial charge on any atom is -0.481 e. The van der Waals surface area contributed by atoms with Gasteiger partial charge in [0, 0.05) is 6.04 Å². The maximum Gasteiger partial charge on any atom is 0.311 e. The minimum absolute atomic E-state index is 0.282. The van der Waals surface area contributed by atoms with E-state index >= 15 is 0 Å². The number of nitrogens with zero attached hydrogens (tertiary/aromatic N) is 1. The summed E-state index contributed by atoms with van der Waals surface area (Å²) in [5.74, 6) is -3.13. The highest BCUT2D eigenvalue weighted by Gasteiger charge is 2.31. The second-order valence-electron chi connectivity index (χ2n) is 5.42. The molecule has 2 N–H and O–H groups in total. The molecule has 1 aromatic rings. The lowest BCUT2D eigenvalue weighted by Crippen LogP contribution is -2.19. The maximum absolute atomic E-state index is 11.4. The van der Waals surface area contributed by atoms with Gasteiger partial charge in [0.05, 0.1) is 12.3 Å². The fourth-order valence-electron chi connectivity index (χ4n) is 3.03. The number of carbonyl (C=O) groups is 2. The van der Waals surface area contributed by atoms with Crippen LogP contribution in [0.25, 0.3) is 0 Å². The first-order valence-electron chi connectivity index (χ1n) is 6.64. The van der Waals surface area contributed by atoms with Gasteiger partial charge in [-0.1, -0.05) is 18.2 Å². The SMILES string of the molecule is CN(C)C1CCc2c(C(CC(=O)O)C(=O)O)cccc21. The highest BCUT2D eigenvalue weighted by molar-refractivity contribution is 5.83. The lowest BCUT2D eigenvalue weighted by Gasteiger charge is -2.21. The molecule has 5 heteroatoms. The summed E-state index contributed by atoms with van der Waals surface area (Å²) in [5.41, 5.74) is 2.80. The van der Waals surface area contributed by atoms with Crippen LogP contribution >= 0.6 is 0 Å². The molecule has 0 fully saturated rings. The molecule has 0 radical (unpaired) electrons. The zero-order chi connectivity index (χ0) is 14.9. The Balaban J connectivity index is 2.43. The normalized spacial score (nSPS) is 18.9. The highest BCUT2D eigenvalue weighted by Crippen LogP contribution is 2.39. The summed E-state index contributed by atoms with van der Waals surface area (Å²) >= 11 is 0. The van der Waals surface area contributed by atoms with Crippen molar-refractivity contribution < 1.29 is 19.8 Å². The Morgan fingerprint density at radius 1 is 1.35 bits per heavy atom. The van der Waals surface area contributed by atoms with E-state index in [0.717, 1.165) is 24.0 Å². The number of aliphatic carboxylic acids is 2. The Morgan fingerprint density at radius 2 is 2.05 bits per heavy atom. The number of fused-ring (bicyclic) bond motifs is 1. The van der Waals surface area contributed by atoms with Crippen LogP contribution in [0.5, 0.6) is 0 Å². The summed E-state index contributed by atoms with van der Waals surface area (Å²) in [6.07, 6.45) is 1.37. The van der Waals surface area contributed by atoms with Crippen molar-refractivity contribution in [1.82, 2.24) is 4.90 Å². The van der Waals surface area contributed by atoms with Gasteiger partial charge < -0.3 is 15.1 Å². The predicted octanol–water partition coefficient (Wildman–Crippen LogP) is 1.88. The van der Waals surface area contributed by atoms with Crippen molar-refractivity contribution in [3.05, 3.63) is 34.9 Å². The van der Waals surface area contributed by atoms with E-state index in [-0.39, 0.29) is 12.5 Å². The van der Waals surface area contributed by atoms with Crippen molar-refractivity contribution in [3.8, 4) is 0 Å². The molecule has 0 saturated carbocycles. The lowest BCUT2D eigenvalue weighted by molar-refractivity contribution is -0.145. The molecular weight excluding hydrogens is 258 g/mol. The van der Waals surface area contributed by atoms with E-state index in [1.54, 1.807) is 6.07 Å². The van der Waals surface area contributed by atoms with Gasteiger partial charge in [-0.25, -0.2) is 0 Å². The standard InChI is InChI=1S/C15H19NO4/c1-16(2)13-7-6-10-9(4-3-5-11(10)13)12(15(19)20)8-14(17)18/h3-5,12-13H,6-8H2,1-2H3,(H,17,18)(H,19,20). The Bertz CT molecular complexity index is 539. The van der Waals surface area contributed by atoms with Crippen LogP contribution in [0.1, 0.15) is 41.5 Å². The molecule has 0 bridgehead atoms. The average molecular weight is 277 g/mol. The molecule has 0 aromatic heterocycles. The molecule has 0 aliphatic heterocycles. The zero-order valence-electron chi connectivity index (χ0n) is 11.7. The van der Waals surface area contributed by atoms with Gasteiger partial charge in [-0.2, -0.15) is 0 Å². The molecule has 0 amide bonds. The van der Waals surface area contributed by atoms with E-state index in [1.807, 2.05) is 26.2 Å². The fraction of sp³-hybridized carbons (Fsp3) is 0.467. The molecule has 20 heavy (non-hydrogen) atoms. The zero-order valence-corrected chi connectivity index (χ0v) is 11.7. The highest BCUT2D eigenvalue weighted by atomic mass is 16.4. The lowest BCUT2D eigenvalue weighted by atomic mass is 9.89. The van der Waals surface area contributed by atoms with Gasteiger partial charge in [0.15, 0.2) is 0 Å². The molecular formula is C15H19NO4. The number of hydrogen-bond donors (Lipinski definition) is 2. The Kier molecular flexibility index (Phi) is 4.09. The second-order valence-corrected chi connectivity index (χ2v) is 5.42. The van der Waals surface area contributed by atoms with Gasteiger partial charge >= 0.3 is 11.9 Å². The van der Waals surface area contributed by atoms with Gasteiger partial charge in [0.25, 0.3) is 0 Å². The van der Waals surface area contributed by atoms with Gasteiger partial charge in [-0.15, -0.1) is 0 Å². The number of benzene rings is 1.